The van der Waals surface area contributed by atoms with Crippen LogP contribution in [0.1, 0.15) is 21.5 Å². The summed E-state index contributed by atoms with van der Waals surface area (Å²) in [6.07, 6.45) is 0.359. The van der Waals surface area contributed by atoms with Crippen molar-refractivity contribution in [2.24, 2.45) is 5.73 Å². The molecule has 1 amide bonds. The van der Waals surface area contributed by atoms with Crippen molar-refractivity contribution < 1.29 is 19.4 Å². The van der Waals surface area contributed by atoms with E-state index in [0.717, 1.165) is 11.3 Å². The Morgan fingerprint density at radius 1 is 1.14 bits per heavy atom. The van der Waals surface area contributed by atoms with Crippen LogP contribution in [0.2, 0.25) is 0 Å². The number of aliphatic hydroxyl groups excluding tert-OH is 1. The predicted molar refractivity (Wildman–Crippen MR) is 83.1 cm³/mol. The molecule has 0 heterocycles. The number of amides is 1. The summed E-state index contributed by atoms with van der Waals surface area (Å²) in [6, 6.07) is 12.6. The molecule has 0 fully saturated rings. The first-order chi connectivity index (χ1) is 10.6. The van der Waals surface area contributed by atoms with Crippen molar-refractivity contribution >= 4 is 5.91 Å². The number of carbonyl (C=O) groups is 1. The minimum Gasteiger partial charge on any atom is -0.497 e. The maximum Gasteiger partial charge on any atom is 0.248 e. The van der Waals surface area contributed by atoms with E-state index in [4.69, 9.17) is 20.3 Å². The fourth-order valence-corrected chi connectivity index (χ4v) is 2.12. The molecule has 0 unspecified atom stereocenters. The summed E-state index contributed by atoms with van der Waals surface area (Å²) in [6.45, 7) is 0.348. The average Bonchev–Trinajstić information content (AvgIpc) is 2.53. The molecule has 0 saturated carbocycles. The third kappa shape index (κ3) is 3.99. The minimum absolute atomic E-state index is 0.0534. The molecule has 0 saturated heterocycles. The third-order valence-corrected chi connectivity index (χ3v) is 3.29. The molecule has 0 atom stereocenters. The lowest BCUT2D eigenvalue weighted by Gasteiger charge is -2.11. The fourth-order valence-electron chi connectivity index (χ4n) is 2.12. The number of benzene rings is 2. The van der Waals surface area contributed by atoms with Gasteiger partial charge in [-0.1, -0.05) is 12.1 Å². The Morgan fingerprint density at radius 3 is 2.41 bits per heavy atom. The highest BCUT2D eigenvalue weighted by atomic mass is 16.5. The molecule has 0 radical (unpaired) electrons. The number of nitrogens with two attached hydrogens (primary N) is 1. The molecule has 0 aliphatic carbocycles. The first kappa shape index (κ1) is 15.9. The predicted octanol–water partition coefficient (Wildman–Crippen LogP) is 1.91. The van der Waals surface area contributed by atoms with Crippen LogP contribution >= 0.6 is 0 Å². The number of primary amides is 1. The Bertz CT molecular complexity index is 638. The van der Waals surface area contributed by atoms with Gasteiger partial charge in [0.05, 0.1) is 7.11 Å². The number of aliphatic hydroxyl groups is 1. The Labute approximate surface area is 129 Å². The monoisotopic (exact) mass is 301 g/mol. The molecule has 2 aromatic carbocycles. The van der Waals surface area contributed by atoms with Gasteiger partial charge in [-0.3, -0.25) is 4.79 Å². The van der Waals surface area contributed by atoms with Crippen LogP contribution in [0.3, 0.4) is 0 Å². The fraction of sp³-hybridized carbons (Fsp3) is 0.235. The summed E-state index contributed by atoms with van der Waals surface area (Å²) in [7, 11) is 1.62. The average molecular weight is 301 g/mol. The van der Waals surface area contributed by atoms with Crippen molar-refractivity contribution in [2.75, 3.05) is 13.7 Å². The van der Waals surface area contributed by atoms with Crippen LogP contribution in [-0.4, -0.2) is 24.7 Å². The zero-order chi connectivity index (χ0) is 15.9. The van der Waals surface area contributed by atoms with Gasteiger partial charge in [0.1, 0.15) is 18.1 Å². The molecule has 0 bridgehead atoms. The molecule has 0 aromatic heterocycles. The molecular formula is C17H19NO4. The summed E-state index contributed by atoms with van der Waals surface area (Å²) in [5.74, 6) is 0.911. The van der Waals surface area contributed by atoms with Gasteiger partial charge in [-0.05, 0) is 47.9 Å². The van der Waals surface area contributed by atoms with Crippen LogP contribution in [0.5, 0.6) is 11.5 Å². The molecule has 2 aromatic rings. The first-order valence-corrected chi connectivity index (χ1v) is 6.93. The van der Waals surface area contributed by atoms with E-state index in [-0.39, 0.29) is 6.61 Å². The number of methoxy groups -OCH3 is 1. The molecule has 0 aliphatic rings. The van der Waals surface area contributed by atoms with Gasteiger partial charge < -0.3 is 20.3 Å². The van der Waals surface area contributed by atoms with Gasteiger partial charge in [-0.2, -0.15) is 0 Å². The summed E-state index contributed by atoms with van der Waals surface area (Å²) in [5.41, 5.74) is 7.41. The van der Waals surface area contributed by atoms with Gasteiger partial charge in [-0.15, -0.1) is 0 Å². The molecule has 116 valence electrons. The van der Waals surface area contributed by atoms with E-state index < -0.39 is 5.91 Å². The van der Waals surface area contributed by atoms with E-state index in [9.17, 15) is 4.79 Å². The van der Waals surface area contributed by atoms with Crippen LogP contribution in [0, 0.1) is 0 Å². The summed E-state index contributed by atoms with van der Waals surface area (Å²) >= 11 is 0. The van der Waals surface area contributed by atoms with Crippen LogP contribution < -0.4 is 15.2 Å². The van der Waals surface area contributed by atoms with Crippen LogP contribution in [0.15, 0.2) is 42.5 Å². The van der Waals surface area contributed by atoms with Crippen molar-refractivity contribution in [3.63, 3.8) is 0 Å². The Kier molecular flexibility index (Phi) is 5.38. The Balaban J connectivity index is 2.08. The number of carbonyl (C=O) groups excluding carboxylic acids is 1. The SMILES string of the molecule is COc1ccc(COc2ccc(C(N)=O)c(CCO)c2)cc1. The lowest BCUT2D eigenvalue weighted by molar-refractivity contribution is 0.0999. The second-order valence-corrected chi connectivity index (χ2v) is 4.79. The maximum absolute atomic E-state index is 11.3. The smallest absolute Gasteiger partial charge is 0.248 e. The lowest BCUT2D eigenvalue weighted by Crippen LogP contribution is -2.14. The Morgan fingerprint density at radius 2 is 1.82 bits per heavy atom. The molecule has 2 rings (SSSR count). The van der Waals surface area contributed by atoms with Crippen LogP contribution in [-0.2, 0) is 13.0 Å². The standard InChI is InChI=1S/C17H19NO4/c1-21-14-4-2-12(3-5-14)11-22-15-6-7-16(17(18)20)13(10-15)8-9-19/h2-7,10,19H,8-9,11H2,1H3,(H2,18,20). The summed E-state index contributed by atoms with van der Waals surface area (Å²) in [4.78, 5) is 11.3. The number of hydrogen-bond acceptors (Lipinski definition) is 4. The van der Waals surface area contributed by atoms with E-state index in [1.807, 2.05) is 24.3 Å². The molecule has 3 N–H and O–H groups in total. The number of rotatable bonds is 7. The Hall–Kier alpha value is -2.53. The molecule has 0 spiro atoms. The number of hydrogen-bond donors (Lipinski definition) is 2. The topological polar surface area (TPSA) is 81.8 Å². The summed E-state index contributed by atoms with van der Waals surface area (Å²) in [5, 5.41) is 9.07. The maximum atomic E-state index is 11.3. The van der Waals surface area contributed by atoms with E-state index in [2.05, 4.69) is 0 Å². The van der Waals surface area contributed by atoms with Gasteiger partial charge in [0.15, 0.2) is 0 Å². The number of ether oxygens (including phenoxy) is 2. The largest absolute Gasteiger partial charge is 0.497 e. The van der Waals surface area contributed by atoms with Crippen LogP contribution in [0.4, 0.5) is 0 Å². The molecule has 22 heavy (non-hydrogen) atoms. The highest BCUT2D eigenvalue weighted by Crippen LogP contribution is 2.20. The van der Waals surface area contributed by atoms with E-state index in [1.165, 1.54) is 0 Å². The van der Waals surface area contributed by atoms with E-state index in [1.54, 1.807) is 25.3 Å². The summed E-state index contributed by atoms with van der Waals surface area (Å²) < 4.78 is 10.8. The van der Waals surface area contributed by atoms with E-state index in [0.29, 0.717) is 29.9 Å². The molecular weight excluding hydrogens is 282 g/mol. The second-order valence-electron chi connectivity index (χ2n) is 4.79. The zero-order valence-electron chi connectivity index (χ0n) is 12.4. The van der Waals surface area contributed by atoms with Gasteiger partial charge in [0.25, 0.3) is 0 Å². The zero-order valence-corrected chi connectivity index (χ0v) is 12.4. The van der Waals surface area contributed by atoms with Crippen LogP contribution in [0.25, 0.3) is 0 Å². The highest BCUT2D eigenvalue weighted by Gasteiger charge is 2.09. The van der Waals surface area contributed by atoms with Gasteiger partial charge in [0.2, 0.25) is 5.91 Å². The van der Waals surface area contributed by atoms with Crippen molar-refractivity contribution in [3.8, 4) is 11.5 Å². The van der Waals surface area contributed by atoms with E-state index >= 15 is 0 Å². The highest BCUT2D eigenvalue weighted by molar-refractivity contribution is 5.94. The van der Waals surface area contributed by atoms with Crippen molar-refractivity contribution in [1.82, 2.24) is 0 Å². The van der Waals surface area contributed by atoms with Crippen molar-refractivity contribution in [1.29, 1.82) is 0 Å². The first-order valence-electron chi connectivity index (χ1n) is 6.93. The van der Waals surface area contributed by atoms with Gasteiger partial charge >= 0.3 is 0 Å². The minimum atomic E-state index is -0.509. The lowest BCUT2D eigenvalue weighted by atomic mass is 10.0. The normalized spacial score (nSPS) is 10.3. The third-order valence-electron chi connectivity index (χ3n) is 3.29. The van der Waals surface area contributed by atoms with Crippen molar-refractivity contribution in [2.45, 2.75) is 13.0 Å². The molecule has 5 nitrogen and oxygen atoms in total. The quantitative estimate of drug-likeness (QED) is 0.818. The van der Waals surface area contributed by atoms with Gasteiger partial charge in [0, 0.05) is 12.2 Å². The second kappa shape index (κ2) is 7.47. The molecule has 5 heteroatoms. The van der Waals surface area contributed by atoms with Gasteiger partial charge in [-0.25, -0.2) is 0 Å². The molecule has 0 aliphatic heterocycles. The van der Waals surface area contributed by atoms with Crippen molar-refractivity contribution in [3.05, 3.63) is 59.2 Å².